The molecule has 0 spiro atoms. The molecule has 146 valence electrons. The molecule has 1 amide bonds. The van der Waals surface area contributed by atoms with E-state index in [0.29, 0.717) is 43.2 Å². The van der Waals surface area contributed by atoms with Gasteiger partial charge in [-0.25, -0.2) is 4.39 Å². The number of carbonyl (C=O) groups is 1. The standard InChI is InChI=1S/C22H29FN2O2/c23-18-3-1-2-13(4-18)9-22(10-20(26)25-11-19(24)12-25)16-5-14-6-17(22)8-15(7-16)21(14)27/h1-4,14-17,19,21,27H,5-12,24H2. The van der Waals surface area contributed by atoms with E-state index < -0.39 is 0 Å². The van der Waals surface area contributed by atoms with Crippen LogP contribution in [-0.2, 0) is 11.2 Å². The van der Waals surface area contributed by atoms with E-state index in [1.165, 1.54) is 6.07 Å². The molecule has 4 saturated carbocycles. The van der Waals surface area contributed by atoms with E-state index in [2.05, 4.69) is 0 Å². The summed E-state index contributed by atoms with van der Waals surface area (Å²) in [5, 5.41) is 10.5. The van der Waals surface area contributed by atoms with Gasteiger partial charge in [0.2, 0.25) is 5.91 Å². The van der Waals surface area contributed by atoms with Gasteiger partial charge >= 0.3 is 0 Å². The van der Waals surface area contributed by atoms with Gasteiger partial charge in [-0.3, -0.25) is 4.79 Å². The zero-order chi connectivity index (χ0) is 18.8. The largest absolute Gasteiger partial charge is 0.393 e. The number of nitrogens with two attached hydrogens (primary N) is 1. The molecule has 0 atom stereocenters. The smallest absolute Gasteiger partial charge is 0.223 e. The monoisotopic (exact) mass is 372 g/mol. The van der Waals surface area contributed by atoms with Crippen molar-refractivity contribution in [1.82, 2.24) is 4.90 Å². The summed E-state index contributed by atoms with van der Waals surface area (Å²) in [4.78, 5) is 14.9. The number of carbonyl (C=O) groups excluding carboxylic acids is 1. The number of nitrogens with zero attached hydrogens (tertiary/aromatic N) is 1. The normalized spacial score (nSPS) is 40.3. The maximum absolute atomic E-state index is 13.8. The minimum atomic E-state index is -0.207. The van der Waals surface area contributed by atoms with Gasteiger partial charge in [-0.2, -0.15) is 0 Å². The fourth-order valence-corrected chi connectivity index (χ4v) is 6.84. The summed E-state index contributed by atoms with van der Waals surface area (Å²) < 4.78 is 13.8. The molecule has 5 aliphatic rings. The molecule has 5 heteroatoms. The molecule has 1 aromatic carbocycles. The first-order valence-electron chi connectivity index (χ1n) is 10.4. The van der Waals surface area contributed by atoms with E-state index in [1.807, 2.05) is 11.0 Å². The van der Waals surface area contributed by atoms with Crippen LogP contribution in [0.2, 0.25) is 0 Å². The van der Waals surface area contributed by atoms with Crippen LogP contribution in [0.4, 0.5) is 4.39 Å². The molecule has 4 nitrogen and oxygen atoms in total. The van der Waals surface area contributed by atoms with Crippen molar-refractivity contribution in [3.63, 3.8) is 0 Å². The van der Waals surface area contributed by atoms with Gasteiger partial charge in [0.25, 0.3) is 0 Å². The van der Waals surface area contributed by atoms with E-state index in [9.17, 15) is 14.3 Å². The van der Waals surface area contributed by atoms with Crippen molar-refractivity contribution in [3.05, 3.63) is 35.6 Å². The average molecular weight is 372 g/mol. The Morgan fingerprint density at radius 3 is 2.37 bits per heavy atom. The van der Waals surface area contributed by atoms with Crippen molar-refractivity contribution in [1.29, 1.82) is 0 Å². The Labute approximate surface area is 159 Å². The first-order chi connectivity index (χ1) is 12.9. The maximum Gasteiger partial charge on any atom is 0.223 e. The Morgan fingerprint density at radius 2 is 1.81 bits per heavy atom. The van der Waals surface area contributed by atoms with Crippen LogP contribution in [0.25, 0.3) is 0 Å². The number of rotatable bonds is 4. The summed E-state index contributed by atoms with van der Waals surface area (Å²) in [5.74, 6) is 1.68. The highest BCUT2D eigenvalue weighted by molar-refractivity contribution is 5.78. The number of aliphatic hydroxyl groups is 1. The number of halogens is 1. The molecule has 1 heterocycles. The van der Waals surface area contributed by atoms with E-state index in [-0.39, 0.29) is 29.3 Å². The van der Waals surface area contributed by atoms with Gasteiger partial charge < -0.3 is 15.7 Å². The second-order valence-electron chi connectivity index (χ2n) is 9.62. The van der Waals surface area contributed by atoms with Gasteiger partial charge in [0, 0.05) is 25.6 Å². The summed E-state index contributed by atoms with van der Waals surface area (Å²) in [5.41, 5.74) is 6.78. The Morgan fingerprint density at radius 1 is 1.19 bits per heavy atom. The lowest BCUT2D eigenvalue weighted by Gasteiger charge is -2.63. The lowest BCUT2D eigenvalue weighted by molar-refractivity contribution is -0.177. The Hall–Kier alpha value is -1.46. The second-order valence-corrected chi connectivity index (χ2v) is 9.62. The summed E-state index contributed by atoms with van der Waals surface area (Å²) in [6, 6.07) is 6.99. The van der Waals surface area contributed by atoms with E-state index in [1.54, 1.807) is 12.1 Å². The topological polar surface area (TPSA) is 66.6 Å². The van der Waals surface area contributed by atoms with Gasteiger partial charge in [0.15, 0.2) is 0 Å². The van der Waals surface area contributed by atoms with Crippen molar-refractivity contribution < 1.29 is 14.3 Å². The lowest BCUT2D eigenvalue weighted by atomic mass is 9.42. The van der Waals surface area contributed by atoms with Crippen LogP contribution in [0.3, 0.4) is 0 Å². The summed E-state index contributed by atoms with van der Waals surface area (Å²) in [6.45, 7) is 1.32. The first kappa shape index (κ1) is 17.6. The zero-order valence-electron chi connectivity index (χ0n) is 15.7. The van der Waals surface area contributed by atoms with Crippen molar-refractivity contribution in [2.45, 2.75) is 50.7 Å². The van der Waals surface area contributed by atoms with Gasteiger partial charge in [0.05, 0.1) is 6.10 Å². The Bertz CT molecular complexity index is 716. The molecule has 4 aliphatic carbocycles. The predicted molar refractivity (Wildman–Crippen MR) is 100 cm³/mol. The Balaban J connectivity index is 1.46. The highest BCUT2D eigenvalue weighted by Crippen LogP contribution is 2.64. The van der Waals surface area contributed by atoms with E-state index >= 15 is 0 Å². The van der Waals surface area contributed by atoms with E-state index in [0.717, 1.165) is 37.7 Å². The molecular formula is C22H29FN2O2. The molecule has 3 N–H and O–H groups in total. The number of benzene rings is 1. The van der Waals surface area contributed by atoms with Crippen LogP contribution < -0.4 is 5.73 Å². The Kier molecular flexibility index (Phi) is 4.10. The van der Waals surface area contributed by atoms with Crippen molar-refractivity contribution in [3.8, 4) is 0 Å². The van der Waals surface area contributed by atoms with Crippen molar-refractivity contribution >= 4 is 5.91 Å². The minimum Gasteiger partial charge on any atom is -0.393 e. The maximum atomic E-state index is 13.8. The number of aliphatic hydroxyl groups excluding tert-OH is 1. The SMILES string of the molecule is NC1CN(C(=O)CC2(Cc3cccc(F)c3)C3CC4CC2CC(C3)C4O)C1. The third-order valence-electron chi connectivity index (χ3n) is 8.11. The summed E-state index contributed by atoms with van der Waals surface area (Å²) >= 11 is 0. The van der Waals surface area contributed by atoms with Crippen molar-refractivity contribution in [2.24, 2.45) is 34.8 Å². The molecule has 0 unspecified atom stereocenters. The number of hydrogen-bond donors (Lipinski definition) is 2. The molecular weight excluding hydrogens is 343 g/mol. The van der Waals surface area contributed by atoms with Crippen LogP contribution >= 0.6 is 0 Å². The molecule has 5 fully saturated rings. The molecule has 0 aromatic heterocycles. The predicted octanol–water partition coefficient (Wildman–Crippen LogP) is 2.34. The quantitative estimate of drug-likeness (QED) is 0.853. The second kappa shape index (κ2) is 6.28. The van der Waals surface area contributed by atoms with Crippen LogP contribution in [-0.4, -0.2) is 41.1 Å². The molecule has 1 aromatic rings. The van der Waals surface area contributed by atoms with Crippen LogP contribution in [0.1, 0.15) is 37.7 Å². The van der Waals surface area contributed by atoms with Crippen LogP contribution in [0.15, 0.2) is 24.3 Å². The lowest BCUT2D eigenvalue weighted by Crippen LogP contribution is -2.62. The molecule has 4 bridgehead atoms. The molecule has 0 radical (unpaired) electrons. The highest BCUT2D eigenvalue weighted by atomic mass is 19.1. The molecule has 6 rings (SSSR count). The fraction of sp³-hybridized carbons (Fsp3) is 0.682. The highest BCUT2D eigenvalue weighted by Gasteiger charge is 2.60. The van der Waals surface area contributed by atoms with Crippen molar-refractivity contribution in [2.75, 3.05) is 13.1 Å². The van der Waals surface area contributed by atoms with Gasteiger partial charge in [-0.05, 0) is 78.9 Å². The number of amides is 1. The molecule has 27 heavy (non-hydrogen) atoms. The van der Waals surface area contributed by atoms with Crippen LogP contribution in [0.5, 0.6) is 0 Å². The fourth-order valence-electron chi connectivity index (χ4n) is 6.84. The van der Waals surface area contributed by atoms with Crippen LogP contribution in [0, 0.1) is 34.9 Å². The number of hydrogen-bond acceptors (Lipinski definition) is 3. The minimum absolute atomic E-state index is 0.0995. The first-order valence-corrected chi connectivity index (χ1v) is 10.4. The summed E-state index contributed by atoms with van der Waals surface area (Å²) in [6.07, 6.45) is 5.19. The van der Waals surface area contributed by atoms with Gasteiger partial charge in [-0.1, -0.05) is 12.1 Å². The number of likely N-dealkylation sites (tertiary alicyclic amines) is 1. The molecule has 1 aliphatic heterocycles. The summed E-state index contributed by atoms with van der Waals surface area (Å²) in [7, 11) is 0. The zero-order valence-corrected chi connectivity index (χ0v) is 15.7. The average Bonchev–Trinajstić information content (AvgIpc) is 2.57. The third kappa shape index (κ3) is 2.82. The van der Waals surface area contributed by atoms with Gasteiger partial charge in [-0.15, -0.1) is 0 Å². The molecule has 1 saturated heterocycles. The van der Waals surface area contributed by atoms with E-state index in [4.69, 9.17) is 5.73 Å². The third-order valence-corrected chi connectivity index (χ3v) is 8.11. The van der Waals surface area contributed by atoms with Gasteiger partial charge in [0.1, 0.15) is 5.82 Å².